The van der Waals surface area contributed by atoms with Gasteiger partial charge in [-0.3, -0.25) is 14.6 Å². The molecule has 2 heterocycles. The Balaban J connectivity index is 1.31. The molecule has 5 heteroatoms. The highest BCUT2D eigenvalue weighted by molar-refractivity contribution is 5.85. The topological polar surface area (TPSA) is 76.5 Å². The van der Waals surface area contributed by atoms with Crippen LogP contribution in [-0.4, -0.2) is 34.1 Å². The van der Waals surface area contributed by atoms with Crippen LogP contribution in [0.25, 0.3) is 0 Å². The van der Waals surface area contributed by atoms with Gasteiger partial charge >= 0.3 is 5.97 Å². The number of aliphatic carboxylic acids is 1. The summed E-state index contributed by atoms with van der Waals surface area (Å²) in [6.45, 7) is 4.59. The molecule has 0 aromatic carbocycles. The zero-order valence-electron chi connectivity index (χ0n) is 20.0. The van der Waals surface area contributed by atoms with Crippen LogP contribution in [-0.2, 0) is 33.6 Å². The first-order chi connectivity index (χ1) is 15.3. The molecule has 0 bridgehead atoms. The monoisotopic (exact) mass is 443 g/mol. The number of ether oxygens (including phenoxy) is 1. The number of unbranched alkanes of at least 4 members (excludes halogenated alkanes) is 4. The lowest BCUT2D eigenvalue weighted by molar-refractivity contribution is -0.146. The van der Waals surface area contributed by atoms with Crippen LogP contribution in [0.5, 0.6) is 0 Å². The number of aromatic nitrogens is 1. The Morgan fingerprint density at radius 3 is 2.66 bits per heavy atom. The lowest BCUT2D eigenvalue weighted by Crippen LogP contribution is -2.37. The number of carboxylic acids is 1. The van der Waals surface area contributed by atoms with E-state index in [0.29, 0.717) is 25.9 Å². The Morgan fingerprint density at radius 2 is 1.88 bits per heavy atom. The van der Waals surface area contributed by atoms with Crippen LogP contribution in [0, 0.1) is 11.8 Å². The number of hydrogen-bond donors (Lipinski definition) is 1. The van der Waals surface area contributed by atoms with E-state index in [9.17, 15) is 14.7 Å². The molecule has 1 N–H and O–H groups in total. The molecule has 0 saturated carbocycles. The van der Waals surface area contributed by atoms with Crippen molar-refractivity contribution < 1.29 is 19.4 Å². The minimum atomic E-state index is -0.830. The van der Waals surface area contributed by atoms with E-state index in [2.05, 4.69) is 12.1 Å². The van der Waals surface area contributed by atoms with E-state index >= 15 is 0 Å². The summed E-state index contributed by atoms with van der Waals surface area (Å²) in [5.74, 6) is -1.33. The fraction of sp³-hybridized carbons (Fsp3) is 0.741. The molecule has 1 aliphatic carbocycles. The van der Waals surface area contributed by atoms with Crippen molar-refractivity contribution in [1.29, 1.82) is 0 Å². The van der Waals surface area contributed by atoms with E-state index < -0.39 is 11.9 Å². The largest absolute Gasteiger partial charge is 0.481 e. The fourth-order valence-electron chi connectivity index (χ4n) is 5.22. The van der Waals surface area contributed by atoms with Gasteiger partial charge in [-0.25, -0.2) is 0 Å². The van der Waals surface area contributed by atoms with Crippen molar-refractivity contribution in [1.82, 2.24) is 4.98 Å². The van der Waals surface area contributed by atoms with Crippen LogP contribution >= 0.6 is 0 Å². The van der Waals surface area contributed by atoms with Crippen LogP contribution in [0.1, 0.15) is 101 Å². The number of aryl methyl sites for hydroxylation is 3. The summed E-state index contributed by atoms with van der Waals surface area (Å²) >= 11 is 0. The lowest BCUT2D eigenvalue weighted by Gasteiger charge is -2.35. The summed E-state index contributed by atoms with van der Waals surface area (Å²) in [6.07, 6.45) is 13.4. The molecule has 32 heavy (non-hydrogen) atoms. The SMILES string of the molecule is CC1(C)CC(C(=O)C[C@@H](CCCCCCCc2ccc3c(n2)CCCC3)C(=O)O)CCO1. The third-order valence-corrected chi connectivity index (χ3v) is 7.17. The highest BCUT2D eigenvalue weighted by Crippen LogP contribution is 2.31. The fourth-order valence-corrected chi connectivity index (χ4v) is 5.22. The van der Waals surface area contributed by atoms with E-state index in [1.165, 1.54) is 36.2 Å². The Morgan fingerprint density at radius 1 is 1.12 bits per heavy atom. The van der Waals surface area contributed by atoms with Crippen LogP contribution in [0.15, 0.2) is 12.1 Å². The zero-order valence-corrected chi connectivity index (χ0v) is 20.0. The molecule has 2 aliphatic rings. The van der Waals surface area contributed by atoms with Crippen molar-refractivity contribution in [2.24, 2.45) is 11.8 Å². The zero-order chi connectivity index (χ0) is 23.0. The number of nitrogens with zero attached hydrogens (tertiary/aromatic N) is 1. The Hall–Kier alpha value is -1.75. The number of pyridine rings is 1. The normalized spacial score (nSPS) is 21.0. The van der Waals surface area contributed by atoms with Gasteiger partial charge in [0, 0.05) is 30.3 Å². The summed E-state index contributed by atoms with van der Waals surface area (Å²) in [6, 6.07) is 4.46. The van der Waals surface area contributed by atoms with Gasteiger partial charge in [0.15, 0.2) is 0 Å². The molecule has 0 spiro atoms. The number of rotatable bonds is 12. The number of carboxylic acid groups (broad SMARTS) is 1. The third-order valence-electron chi connectivity index (χ3n) is 7.17. The average molecular weight is 444 g/mol. The van der Waals surface area contributed by atoms with Gasteiger partial charge in [0.1, 0.15) is 5.78 Å². The van der Waals surface area contributed by atoms with E-state index in [1.54, 1.807) is 0 Å². The van der Waals surface area contributed by atoms with Crippen molar-refractivity contribution in [3.8, 4) is 0 Å². The van der Waals surface area contributed by atoms with E-state index in [-0.39, 0.29) is 23.7 Å². The smallest absolute Gasteiger partial charge is 0.306 e. The van der Waals surface area contributed by atoms with Crippen molar-refractivity contribution >= 4 is 11.8 Å². The van der Waals surface area contributed by atoms with Gasteiger partial charge in [0.25, 0.3) is 0 Å². The molecular formula is C27H41NO4. The number of ketones is 1. The lowest BCUT2D eigenvalue weighted by atomic mass is 9.82. The molecular weight excluding hydrogens is 402 g/mol. The van der Waals surface area contributed by atoms with Crippen LogP contribution in [0.3, 0.4) is 0 Å². The van der Waals surface area contributed by atoms with Gasteiger partial charge < -0.3 is 9.84 Å². The number of carbonyl (C=O) groups excluding carboxylic acids is 1. The molecule has 178 valence electrons. The molecule has 1 saturated heterocycles. The van der Waals surface area contributed by atoms with Crippen molar-refractivity contribution in [3.63, 3.8) is 0 Å². The maximum absolute atomic E-state index is 12.7. The Bertz CT molecular complexity index is 773. The van der Waals surface area contributed by atoms with E-state index in [1.807, 2.05) is 13.8 Å². The maximum atomic E-state index is 12.7. The van der Waals surface area contributed by atoms with Crippen molar-refractivity contribution in [2.75, 3.05) is 6.61 Å². The van der Waals surface area contributed by atoms with Gasteiger partial charge in [0.2, 0.25) is 0 Å². The van der Waals surface area contributed by atoms with Crippen LogP contribution < -0.4 is 0 Å². The summed E-state index contributed by atoms with van der Waals surface area (Å²) in [5, 5.41) is 9.59. The summed E-state index contributed by atoms with van der Waals surface area (Å²) in [4.78, 5) is 29.2. The average Bonchev–Trinajstić information content (AvgIpc) is 2.76. The molecule has 0 radical (unpaired) electrons. The number of fused-ring (bicyclic) bond motifs is 1. The molecule has 1 aromatic rings. The highest BCUT2D eigenvalue weighted by Gasteiger charge is 2.34. The van der Waals surface area contributed by atoms with Gasteiger partial charge in [-0.05, 0) is 83.3 Å². The molecule has 1 unspecified atom stereocenters. The maximum Gasteiger partial charge on any atom is 0.306 e. The molecule has 1 aliphatic heterocycles. The first-order valence-corrected chi connectivity index (χ1v) is 12.7. The minimum Gasteiger partial charge on any atom is -0.481 e. The summed E-state index contributed by atoms with van der Waals surface area (Å²) < 4.78 is 5.69. The van der Waals surface area contributed by atoms with Gasteiger partial charge in [-0.15, -0.1) is 0 Å². The molecule has 3 rings (SSSR count). The molecule has 1 fully saturated rings. The third kappa shape index (κ3) is 7.68. The molecule has 0 amide bonds. The van der Waals surface area contributed by atoms with Crippen molar-refractivity contribution in [3.05, 3.63) is 29.1 Å². The highest BCUT2D eigenvalue weighted by atomic mass is 16.5. The molecule has 1 aromatic heterocycles. The second kappa shape index (κ2) is 11.9. The number of carbonyl (C=O) groups is 2. The number of hydrogen-bond acceptors (Lipinski definition) is 4. The van der Waals surface area contributed by atoms with Crippen LogP contribution in [0.4, 0.5) is 0 Å². The molecule has 5 nitrogen and oxygen atoms in total. The van der Waals surface area contributed by atoms with Gasteiger partial charge in [-0.1, -0.05) is 31.7 Å². The minimum absolute atomic E-state index is 0.0576. The second-order valence-corrected chi connectivity index (χ2v) is 10.4. The second-order valence-electron chi connectivity index (χ2n) is 10.4. The molecule has 2 atom stereocenters. The first kappa shape index (κ1) is 24.9. The quantitative estimate of drug-likeness (QED) is 0.419. The number of Topliss-reactive ketones (excluding diaryl/α,β-unsaturated/α-hetero) is 1. The Kier molecular flexibility index (Phi) is 9.27. The predicted octanol–water partition coefficient (Wildman–Crippen LogP) is 5.71. The van der Waals surface area contributed by atoms with Gasteiger partial charge in [-0.2, -0.15) is 0 Å². The van der Waals surface area contributed by atoms with E-state index in [4.69, 9.17) is 9.72 Å². The van der Waals surface area contributed by atoms with Crippen molar-refractivity contribution in [2.45, 2.75) is 109 Å². The van der Waals surface area contributed by atoms with Gasteiger partial charge in [0.05, 0.1) is 11.5 Å². The predicted molar refractivity (Wildman–Crippen MR) is 126 cm³/mol. The summed E-state index contributed by atoms with van der Waals surface area (Å²) in [7, 11) is 0. The van der Waals surface area contributed by atoms with Crippen LogP contribution in [0.2, 0.25) is 0 Å². The summed E-state index contributed by atoms with van der Waals surface area (Å²) in [5.41, 5.74) is 3.68. The standard InChI is InChI=1S/C27H41NO4/c1-27(2)19-22(16-17-32-27)25(29)18-21(26(30)31)11-6-4-3-5-7-12-23-15-14-20-10-8-9-13-24(20)28-23/h14-15,21-22H,3-13,16-19H2,1-2H3,(H,30,31)/t21-,22?/m1/s1. The van der Waals surface area contributed by atoms with E-state index in [0.717, 1.165) is 44.9 Å². The Labute approximate surface area is 193 Å². The first-order valence-electron chi connectivity index (χ1n) is 12.7.